The molecular formula is C27H43NNaO2+. The first-order valence-corrected chi connectivity index (χ1v) is 11.1. The van der Waals surface area contributed by atoms with Crippen molar-refractivity contribution in [1.29, 1.82) is 0 Å². The van der Waals surface area contributed by atoms with Gasteiger partial charge in [0, 0.05) is 5.56 Å². The molecule has 2 rings (SSSR count). The summed E-state index contributed by atoms with van der Waals surface area (Å²) in [4.78, 5) is 0. The summed E-state index contributed by atoms with van der Waals surface area (Å²) in [5.74, 6) is 0.911. The van der Waals surface area contributed by atoms with Crippen molar-refractivity contribution in [3.05, 3.63) is 65.7 Å². The molecule has 2 aromatic rings. The summed E-state index contributed by atoms with van der Waals surface area (Å²) >= 11 is 0. The van der Waals surface area contributed by atoms with Crippen molar-refractivity contribution in [2.75, 3.05) is 40.5 Å². The monoisotopic (exact) mass is 436 g/mol. The van der Waals surface area contributed by atoms with E-state index in [-0.39, 0.29) is 35.0 Å². The summed E-state index contributed by atoms with van der Waals surface area (Å²) in [6, 6.07) is 19.2. The Kier molecular flexibility index (Phi) is 11.3. The number of hydrogen-bond donors (Lipinski definition) is 0. The van der Waals surface area contributed by atoms with Gasteiger partial charge in [-0.15, -0.1) is 0 Å². The Morgan fingerprint density at radius 1 is 0.774 bits per heavy atom. The van der Waals surface area contributed by atoms with E-state index in [4.69, 9.17) is 9.47 Å². The summed E-state index contributed by atoms with van der Waals surface area (Å²) in [6.07, 6.45) is 1.15. The molecule has 0 unspecified atom stereocenters. The molecule has 4 heteroatoms. The minimum absolute atomic E-state index is 0. The van der Waals surface area contributed by atoms with E-state index in [0.29, 0.717) is 18.6 Å². The van der Waals surface area contributed by atoms with Gasteiger partial charge in [-0.3, -0.25) is 0 Å². The first kappa shape index (κ1) is 28.2. The normalized spacial score (nSPS) is 12.4. The van der Waals surface area contributed by atoms with Gasteiger partial charge in [0.1, 0.15) is 25.4 Å². The Hall–Kier alpha value is -0.840. The number of quaternary nitrogens is 1. The molecule has 0 atom stereocenters. The summed E-state index contributed by atoms with van der Waals surface area (Å²) in [5.41, 5.74) is 3.19. The molecule has 0 heterocycles. The number of benzene rings is 2. The van der Waals surface area contributed by atoms with Gasteiger partial charge in [-0.25, -0.2) is 0 Å². The van der Waals surface area contributed by atoms with Gasteiger partial charge < -0.3 is 14.0 Å². The summed E-state index contributed by atoms with van der Waals surface area (Å²) in [7, 11) is 4.49. The average Bonchev–Trinajstić information content (AvgIpc) is 2.63. The number of hydrogen-bond acceptors (Lipinski definition) is 2. The van der Waals surface area contributed by atoms with Crippen LogP contribution in [-0.4, -0.2) is 74.5 Å². The quantitative estimate of drug-likeness (QED) is 0.266. The molecule has 0 aromatic heterocycles. The molecule has 0 fully saturated rings. The molecule has 0 aliphatic rings. The van der Waals surface area contributed by atoms with Gasteiger partial charge in [0.2, 0.25) is 0 Å². The number of ether oxygens (including phenoxy) is 2. The van der Waals surface area contributed by atoms with Crippen LogP contribution in [0.5, 0.6) is 5.75 Å². The van der Waals surface area contributed by atoms with Crippen LogP contribution in [0.1, 0.15) is 52.2 Å². The van der Waals surface area contributed by atoms with Crippen molar-refractivity contribution in [2.24, 2.45) is 5.41 Å². The van der Waals surface area contributed by atoms with Crippen LogP contribution in [-0.2, 0) is 16.7 Å². The molecule has 0 bridgehead atoms. The van der Waals surface area contributed by atoms with Gasteiger partial charge in [0.05, 0.1) is 27.3 Å². The van der Waals surface area contributed by atoms with Crippen LogP contribution in [0.2, 0.25) is 0 Å². The number of rotatable bonds is 11. The maximum atomic E-state index is 5.87. The van der Waals surface area contributed by atoms with Crippen molar-refractivity contribution in [2.45, 2.75) is 53.0 Å². The first-order chi connectivity index (χ1) is 14.0. The van der Waals surface area contributed by atoms with E-state index in [9.17, 15) is 0 Å². The summed E-state index contributed by atoms with van der Waals surface area (Å²) in [6.45, 7) is 15.5. The molecule has 0 N–H and O–H groups in total. The van der Waals surface area contributed by atoms with Gasteiger partial charge in [-0.1, -0.05) is 77.1 Å². The number of nitrogens with zero attached hydrogens (tertiary/aromatic N) is 1. The van der Waals surface area contributed by atoms with Crippen LogP contribution in [0, 0.1) is 5.41 Å². The van der Waals surface area contributed by atoms with Crippen LogP contribution in [0.25, 0.3) is 0 Å². The predicted octanol–water partition coefficient (Wildman–Crippen LogP) is 5.42. The van der Waals surface area contributed by atoms with Crippen LogP contribution in [0.4, 0.5) is 0 Å². The van der Waals surface area contributed by atoms with E-state index in [1.165, 1.54) is 11.1 Å². The van der Waals surface area contributed by atoms with E-state index in [1.54, 1.807) is 0 Å². The fraction of sp³-hybridized carbons (Fsp3) is 0.556. The van der Waals surface area contributed by atoms with Crippen molar-refractivity contribution < 1.29 is 14.0 Å². The molecule has 31 heavy (non-hydrogen) atoms. The zero-order valence-electron chi connectivity index (χ0n) is 20.2. The van der Waals surface area contributed by atoms with E-state index in [1.807, 2.05) is 0 Å². The second-order valence-corrected chi connectivity index (χ2v) is 10.9. The van der Waals surface area contributed by atoms with Crippen molar-refractivity contribution >= 4 is 29.6 Å². The summed E-state index contributed by atoms with van der Waals surface area (Å²) < 4.78 is 12.6. The van der Waals surface area contributed by atoms with Gasteiger partial charge in [-0.2, -0.15) is 0 Å². The molecule has 3 nitrogen and oxygen atoms in total. The molecular weight excluding hydrogens is 393 g/mol. The van der Waals surface area contributed by atoms with Crippen molar-refractivity contribution in [3.8, 4) is 5.75 Å². The zero-order chi connectivity index (χ0) is 22.3. The fourth-order valence-corrected chi connectivity index (χ4v) is 4.22. The molecule has 0 saturated carbocycles. The standard InChI is InChI=1S/C27H42NO2.Na.H/c1-26(2,3)22-27(4,5)24-13-15-25(16-14-24)30-20-19-29-18-17-28(6,7)21-23-11-9-8-10-12-23;;/h8-16H,17-22H2,1-7H3;;/q+1;;. The van der Waals surface area contributed by atoms with Crippen molar-refractivity contribution in [3.63, 3.8) is 0 Å². The Labute approximate surface area is 213 Å². The van der Waals surface area contributed by atoms with E-state index < -0.39 is 0 Å². The van der Waals surface area contributed by atoms with Crippen LogP contribution in [0.3, 0.4) is 0 Å². The summed E-state index contributed by atoms with van der Waals surface area (Å²) in [5, 5.41) is 0. The van der Waals surface area contributed by atoms with Gasteiger partial charge in [0.15, 0.2) is 0 Å². The Bertz CT molecular complexity index is 749. The van der Waals surface area contributed by atoms with Crippen LogP contribution in [0.15, 0.2) is 54.6 Å². The zero-order valence-corrected chi connectivity index (χ0v) is 20.2. The molecule has 0 saturated heterocycles. The van der Waals surface area contributed by atoms with Gasteiger partial charge in [-0.05, 0) is 34.9 Å². The topological polar surface area (TPSA) is 18.5 Å². The number of likely N-dealkylation sites (N-methyl/N-ethyl adjacent to an activating group) is 1. The van der Waals surface area contributed by atoms with Crippen LogP contribution < -0.4 is 4.74 Å². The molecule has 0 radical (unpaired) electrons. The molecule has 0 aliphatic heterocycles. The Morgan fingerprint density at radius 2 is 1.39 bits per heavy atom. The van der Waals surface area contributed by atoms with Crippen LogP contribution >= 0.6 is 0 Å². The van der Waals surface area contributed by atoms with E-state index in [0.717, 1.165) is 36.3 Å². The molecule has 0 amide bonds. The fourth-order valence-electron chi connectivity index (χ4n) is 4.22. The second-order valence-electron chi connectivity index (χ2n) is 10.9. The molecule has 168 valence electrons. The Balaban J connectivity index is 0.00000480. The first-order valence-electron chi connectivity index (χ1n) is 11.1. The van der Waals surface area contributed by atoms with Gasteiger partial charge >= 0.3 is 29.6 Å². The van der Waals surface area contributed by atoms with Gasteiger partial charge in [0.25, 0.3) is 0 Å². The SMILES string of the molecule is CC(C)(C)CC(C)(C)c1ccc(OCCOCC[N+](C)(C)Cc2ccccc2)cc1.[NaH]. The third-order valence-electron chi connectivity index (χ3n) is 5.40. The van der Waals surface area contributed by atoms with E-state index in [2.05, 4.69) is 103 Å². The Morgan fingerprint density at radius 3 is 1.97 bits per heavy atom. The second kappa shape index (κ2) is 12.4. The van der Waals surface area contributed by atoms with Crippen molar-refractivity contribution in [1.82, 2.24) is 0 Å². The average molecular weight is 437 g/mol. The minimum atomic E-state index is 0. The third-order valence-corrected chi connectivity index (χ3v) is 5.40. The maximum absolute atomic E-state index is 5.87. The molecule has 0 aliphatic carbocycles. The predicted molar refractivity (Wildman–Crippen MR) is 134 cm³/mol. The molecule has 2 aromatic carbocycles. The molecule has 0 spiro atoms. The third kappa shape index (κ3) is 11.0. The van der Waals surface area contributed by atoms with E-state index >= 15 is 0 Å².